The molecular weight excluding hydrogens is 244 g/mol. The van der Waals surface area contributed by atoms with Crippen molar-refractivity contribution >= 4 is 7.32 Å². The molecule has 0 saturated carbocycles. The number of halogens is 3. The molecule has 1 aromatic rings. The van der Waals surface area contributed by atoms with Crippen molar-refractivity contribution in [2.75, 3.05) is 7.11 Å². The molecule has 0 spiro atoms. The standard InChI is InChI=1S/C8H8BF3O5/c1-15-6-3-2-5(16-8(10,11)12)4-7(6)17-9(13)14/h2-4,13-14H,1H3. The maximum absolute atomic E-state index is 11.9. The normalized spacial score (nSPS) is 10.9. The van der Waals surface area contributed by atoms with Crippen LogP contribution in [-0.2, 0) is 0 Å². The van der Waals surface area contributed by atoms with Gasteiger partial charge in [-0.05, 0) is 12.1 Å². The molecular formula is C8H8BF3O5. The molecule has 17 heavy (non-hydrogen) atoms. The van der Waals surface area contributed by atoms with E-state index in [1.807, 2.05) is 0 Å². The third kappa shape index (κ3) is 4.41. The summed E-state index contributed by atoms with van der Waals surface area (Å²) < 4.78 is 48.6. The third-order valence-electron chi connectivity index (χ3n) is 1.60. The first kappa shape index (κ1) is 13.5. The van der Waals surface area contributed by atoms with Crippen molar-refractivity contribution in [3.8, 4) is 17.2 Å². The highest BCUT2D eigenvalue weighted by atomic mass is 19.4. The van der Waals surface area contributed by atoms with E-state index in [1.165, 1.54) is 7.11 Å². The van der Waals surface area contributed by atoms with E-state index < -0.39 is 19.4 Å². The van der Waals surface area contributed by atoms with E-state index in [2.05, 4.69) is 9.39 Å². The summed E-state index contributed by atoms with van der Waals surface area (Å²) in [5.74, 6) is -0.814. The predicted octanol–water partition coefficient (Wildman–Crippen LogP) is 0.942. The minimum atomic E-state index is -4.84. The van der Waals surface area contributed by atoms with Crippen molar-refractivity contribution in [3.05, 3.63) is 18.2 Å². The fourth-order valence-corrected chi connectivity index (χ4v) is 1.06. The number of alkyl halides is 3. The summed E-state index contributed by atoms with van der Waals surface area (Å²) in [5.41, 5.74) is 0. The fraction of sp³-hybridized carbons (Fsp3) is 0.250. The van der Waals surface area contributed by atoms with Gasteiger partial charge in [-0.25, -0.2) is 0 Å². The molecule has 0 aliphatic heterocycles. The predicted molar refractivity (Wildman–Crippen MR) is 50.5 cm³/mol. The van der Waals surface area contributed by atoms with Crippen molar-refractivity contribution in [2.24, 2.45) is 0 Å². The number of ether oxygens (including phenoxy) is 2. The molecule has 1 aromatic carbocycles. The summed E-state index contributed by atoms with van der Waals surface area (Å²) in [7, 11) is -0.930. The summed E-state index contributed by atoms with van der Waals surface area (Å²) in [5, 5.41) is 17.1. The monoisotopic (exact) mass is 252 g/mol. The van der Waals surface area contributed by atoms with Gasteiger partial charge in [0.25, 0.3) is 0 Å². The molecule has 5 nitrogen and oxygen atoms in total. The van der Waals surface area contributed by atoms with Crippen LogP contribution in [0.1, 0.15) is 0 Å². The van der Waals surface area contributed by atoms with Crippen molar-refractivity contribution in [1.29, 1.82) is 0 Å². The second kappa shape index (κ2) is 5.15. The Hall–Kier alpha value is -1.61. The van der Waals surface area contributed by atoms with Gasteiger partial charge >= 0.3 is 13.7 Å². The largest absolute Gasteiger partial charge is 0.707 e. The zero-order chi connectivity index (χ0) is 13.1. The zero-order valence-corrected chi connectivity index (χ0v) is 8.56. The van der Waals surface area contributed by atoms with E-state index in [9.17, 15) is 13.2 Å². The Morgan fingerprint density at radius 3 is 2.29 bits per heavy atom. The molecule has 2 N–H and O–H groups in total. The van der Waals surface area contributed by atoms with Gasteiger partial charge < -0.3 is 24.2 Å². The number of benzene rings is 1. The van der Waals surface area contributed by atoms with Crippen LogP contribution < -0.4 is 14.1 Å². The highest BCUT2D eigenvalue weighted by Gasteiger charge is 2.31. The van der Waals surface area contributed by atoms with Crippen LogP contribution in [0.5, 0.6) is 17.2 Å². The lowest BCUT2D eigenvalue weighted by Gasteiger charge is -2.13. The Labute approximate surface area is 94.5 Å². The smallest absolute Gasteiger partial charge is 0.509 e. The first-order valence-corrected chi connectivity index (χ1v) is 4.28. The Morgan fingerprint density at radius 2 is 1.82 bits per heavy atom. The molecule has 0 saturated heterocycles. The second-order valence-corrected chi connectivity index (χ2v) is 2.80. The molecule has 0 heterocycles. The lowest BCUT2D eigenvalue weighted by atomic mass is 10.2. The Bertz CT molecular complexity index is 382. The van der Waals surface area contributed by atoms with Gasteiger partial charge in [0.05, 0.1) is 7.11 Å². The molecule has 9 heteroatoms. The number of hydrogen-bond donors (Lipinski definition) is 2. The molecule has 94 valence electrons. The summed E-state index contributed by atoms with van der Waals surface area (Å²) in [6.07, 6.45) is -4.84. The number of methoxy groups -OCH3 is 1. The van der Waals surface area contributed by atoms with E-state index in [-0.39, 0.29) is 11.5 Å². The quantitative estimate of drug-likeness (QED) is 0.780. The van der Waals surface area contributed by atoms with Crippen LogP contribution in [0.15, 0.2) is 18.2 Å². The minimum absolute atomic E-state index is 0.0348. The topological polar surface area (TPSA) is 68.2 Å². The molecule has 0 atom stereocenters. The lowest BCUT2D eigenvalue weighted by Crippen LogP contribution is -2.21. The highest BCUT2D eigenvalue weighted by molar-refractivity contribution is 6.33. The van der Waals surface area contributed by atoms with E-state index in [0.717, 1.165) is 18.2 Å². The van der Waals surface area contributed by atoms with Crippen molar-refractivity contribution in [2.45, 2.75) is 6.36 Å². The maximum atomic E-state index is 11.9. The molecule has 0 radical (unpaired) electrons. The van der Waals surface area contributed by atoms with Crippen molar-refractivity contribution in [3.63, 3.8) is 0 Å². The molecule has 1 rings (SSSR count). The van der Waals surface area contributed by atoms with Crippen molar-refractivity contribution in [1.82, 2.24) is 0 Å². The van der Waals surface area contributed by atoms with Crippen LogP contribution in [0.2, 0.25) is 0 Å². The summed E-state index contributed by atoms with van der Waals surface area (Å²) in [6, 6.07) is 2.97. The van der Waals surface area contributed by atoms with Gasteiger partial charge in [-0.3, -0.25) is 0 Å². The van der Waals surface area contributed by atoms with Crippen LogP contribution in [0.25, 0.3) is 0 Å². The zero-order valence-electron chi connectivity index (χ0n) is 8.56. The molecule has 0 amide bonds. The SMILES string of the molecule is COc1ccc(OC(F)(F)F)cc1OB(O)O. The van der Waals surface area contributed by atoms with Crippen LogP contribution >= 0.6 is 0 Å². The van der Waals surface area contributed by atoms with Gasteiger partial charge in [-0.15, -0.1) is 13.2 Å². The van der Waals surface area contributed by atoms with Crippen LogP contribution in [0.3, 0.4) is 0 Å². The molecule has 0 aromatic heterocycles. The number of hydrogen-bond acceptors (Lipinski definition) is 5. The van der Waals surface area contributed by atoms with Crippen LogP contribution in [0, 0.1) is 0 Å². The Morgan fingerprint density at radius 1 is 1.18 bits per heavy atom. The summed E-state index contributed by atoms with van der Waals surface area (Å²) in [6.45, 7) is 0. The van der Waals surface area contributed by atoms with Gasteiger partial charge in [-0.1, -0.05) is 0 Å². The van der Waals surface area contributed by atoms with Crippen LogP contribution in [0.4, 0.5) is 13.2 Å². The van der Waals surface area contributed by atoms with Gasteiger partial charge in [0.15, 0.2) is 5.75 Å². The second-order valence-electron chi connectivity index (χ2n) is 2.80. The molecule has 0 fully saturated rings. The average molecular weight is 252 g/mol. The minimum Gasteiger partial charge on any atom is -0.509 e. The summed E-state index contributed by atoms with van der Waals surface area (Å²) in [4.78, 5) is 0. The van der Waals surface area contributed by atoms with E-state index in [0.29, 0.717) is 0 Å². The molecule has 0 bridgehead atoms. The van der Waals surface area contributed by atoms with E-state index >= 15 is 0 Å². The molecule has 0 unspecified atom stereocenters. The van der Waals surface area contributed by atoms with Gasteiger partial charge in [0.1, 0.15) is 11.5 Å². The van der Waals surface area contributed by atoms with Crippen molar-refractivity contribution < 1.29 is 37.3 Å². The first-order chi connectivity index (χ1) is 7.81. The Kier molecular flexibility index (Phi) is 4.08. The van der Waals surface area contributed by atoms with Crippen LogP contribution in [-0.4, -0.2) is 30.8 Å². The molecule has 0 aliphatic carbocycles. The molecule has 0 aliphatic rings. The highest BCUT2D eigenvalue weighted by Crippen LogP contribution is 2.33. The number of rotatable bonds is 4. The van der Waals surface area contributed by atoms with Gasteiger partial charge in [0.2, 0.25) is 0 Å². The average Bonchev–Trinajstić information content (AvgIpc) is 2.14. The fourth-order valence-electron chi connectivity index (χ4n) is 1.06. The van der Waals surface area contributed by atoms with Gasteiger partial charge in [0, 0.05) is 6.07 Å². The van der Waals surface area contributed by atoms with E-state index in [1.54, 1.807) is 0 Å². The lowest BCUT2D eigenvalue weighted by molar-refractivity contribution is -0.274. The van der Waals surface area contributed by atoms with E-state index in [4.69, 9.17) is 14.8 Å². The summed E-state index contributed by atoms with van der Waals surface area (Å²) >= 11 is 0. The van der Waals surface area contributed by atoms with Gasteiger partial charge in [-0.2, -0.15) is 0 Å². The maximum Gasteiger partial charge on any atom is 0.707 e. The Balaban J connectivity index is 2.96. The third-order valence-corrected chi connectivity index (χ3v) is 1.60. The first-order valence-electron chi connectivity index (χ1n) is 4.28.